The summed E-state index contributed by atoms with van der Waals surface area (Å²) in [5.74, 6) is 0. The summed E-state index contributed by atoms with van der Waals surface area (Å²) >= 11 is 0. The zero-order chi connectivity index (χ0) is 43.4. The van der Waals surface area contributed by atoms with Gasteiger partial charge in [0.05, 0.1) is 11.0 Å². The van der Waals surface area contributed by atoms with E-state index in [0.717, 1.165) is 55.8 Å². The quantitative estimate of drug-likeness (QED) is 0.152. The van der Waals surface area contributed by atoms with Crippen LogP contribution in [0.1, 0.15) is 11.1 Å². The smallest absolute Gasteiger partial charge is 0.143 e. The van der Waals surface area contributed by atoms with Gasteiger partial charge in [-0.1, -0.05) is 169 Å². The largest absolute Gasteiger partial charge is 0.455 e. The molecule has 0 fully saturated rings. The molecule has 0 amide bonds. The first-order valence-electron chi connectivity index (χ1n) is 22.3. The molecule has 10 aromatic carbocycles. The Kier molecular flexibility index (Phi) is 9.28. The van der Waals surface area contributed by atoms with Crippen molar-refractivity contribution < 1.29 is 4.42 Å². The summed E-state index contributed by atoms with van der Waals surface area (Å²) < 4.78 is 8.81. The van der Waals surface area contributed by atoms with Crippen LogP contribution in [-0.2, 0) is 0 Å². The van der Waals surface area contributed by atoms with Crippen molar-refractivity contribution in [1.29, 1.82) is 0 Å². The van der Waals surface area contributed by atoms with Crippen LogP contribution in [0, 0.1) is 13.8 Å². The van der Waals surface area contributed by atoms with E-state index < -0.39 is 0 Å². The van der Waals surface area contributed by atoms with Crippen molar-refractivity contribution in [3.63, 3.8) is 0 Å². The van der Waals surface area contributed by atoms with Gasteiger partial charge in [-0.05, 0) is 126 Å². The minimum Gasteiger partial charge on any atom is -0.455 e. The van der Waals surface area contributed by atoms with Crippen molar-refractivity contribution >= 4 is 60.8 Å². The fraction of sp³-hybridized carbons (Fsp3) is 0.0323. The lowest BCUT2D eigenvalue weighted by atomic mass is 9.97. The Hall–Kier alpha value is -8.40. The third kappa shape index (κ3) is 6.86. The second-order valence-corrected chi connectivity index (χ2v) is 17.1. The second-order valence-electron chi connectivity index (χ2n) is 17.1. The zero-order valence-electron chi connectivity index (χ0n) is 36.2. The van der Waals surface area contributed by atoms with Gasteiger partial charge in [-0.15, -0.1) is 0 Å². The molecule has 3 heteroatoms. The highest BCUT2D eigenvalue weighted by atomic mass is 16.3. The molecule has 12 rings (SSSR count). The number of rotatable bonds is 8. The van der Waals surface area contributed by atoms with Gasteiger partial charge >= 0.3 is 0 Å². The Balaban J connectivity index is 0.911. The number of para-hydroxylation sites is 4. The van der Waals surface area contributed by atoms with Crippen LogP contribution < -0.4 is 4.90 Å². The molecule has 0 saturated carbocycles. The first kappa shape index (κ1) is 38.3. The molecule has 0 radical (unpaired) electrons. The molecule has 0 aliphatic rings. The highest BCUT2D eigenvalue weighted by Gasteiger charge is 2.17. The lowest BCUT2D eigenvalue weighted by Crippen LogP contribution is -2.09. The third-order valence-electron chi connectivity index (χ3n) is 12.9. The van der Waals surface area contributed by atoms with Crippen LogP contribution >= 0.6 is 0 Å². The topological polar surface area (TPSA) is 21.3 Å². The van der Waals surface area contributed by atoms with Crippen LogP contribution in [0.15, 0.2) is 235 Å². The molecule has 0 N–H and O–H groups in total. The number of aryl methyl sites for hydroxylation is 2. The summed E-state index contributed by atoms with van der Waals surface area (Å²) in [6.45, 7) is 4.32. The van der Waals surface area contributed by atoms with Crippen LogP contribution in [0.2, 0.25) is 0 Å². The van der Waals surface area contributed by atoms with Crippen LogP contribution in [0.4, 0.5) is 17.1 Å². The van der Waals surface area contributed by atoms with E-state index in [1.807, 2.05) is 12.1 Å². The Morgan fingerprint density at radius 2 is 0.831 bits per heavy atom. The minimum atomic E-state index is 0.904. The number of nitrogens with zero attached hydrogens (tertiary/aromatic N) is 2. The van der Waals surface area contributed by atoms with Gasteiger partial charge in [-0.25, -0.2) is 0 Å². The van der Waals surface area contributed by atoms with Gasteiger partial charge in [-0.2, -0.15) is 0 Å². The van der Waals surface area contributed by atoms with Crippen molar-refractivity contribution in [2.45, 2.75) is 13.8 Å². The third-order valence-corrected chi connectivity index (χ3v) is 12.9. The molecule has 12 aromatic rings. The number of furan rings is 1. The zero-order valence-corrected chi connectivity index (χ0v) is 36.2. The normalized spacial score (nSPS) is 11.5. The van der Waals surface area contributed by atoms with Gasteiger partial charge < -0.3 is 13.9 Å². The van der Waals surface area contributed by atoms with Crippen molar-refractivity contribution in [1.82, 2.24) is 4.57 Å². The van der Waals surface area contributed by atoms with E-state index in [4.69, 9.17) is 4.42 Å². The number of anilines is 3. The number of benzene rings is 10. The predicted octanol–water partition coefficient (Wildman–Crippen LogP) is 17.4. The van der Waals surface area contributed by atoms with Crippen molar-refractivity contribution in [2.75, 3.05) is 4.90 Å². The second kappa shape index (κ2) is 15.7. The van der Waals surface area contributed by atoms with E-state index in [2.05, 4.69) is 242 Å². The minimum absolute atomic E-state index is 0.904. The summed E-state index contributed by atoms with van der Waals surface area (Å²) in [6, 6.07) is 83.4. The Morgan fingerprint density at radius 1 is 0.338 bits per heavy atom. The SMILES string of the molecule is Cc1cc(C)cc(-c2ccc(-c3ccc(N(c4ccc(-c5ccc6c(c5)c5ccccc5n6-c5ccccc5)cc4)c4ccc(-c5cccc6c5oc5ccccc56)cc4)cc3)cc2)c1. The summed E-state index contributed by atoms with van der Waals surface area (Å²) in [5.41, 5.74) is 20.6. The fourth-order valence-corrected chi connectivity index (χ4v) is 9.82. The molecule has 3 nitrogen and oxygen atoms in total. The Labute approximate surface area is 378 Å². The number of hydrogen-bond acceptors (Lipinski definition) is 2. The molecule has 0 aliphatic carbocycles. The molecule has 0 spiro atoms. The lowest BCUT2D eigenvalue weighted by Gasteiger charge is -2.26. The number of aromatic nitrogens is 1. The number of hydrogen-bond donors (Lipinski definition) is 0. The highest BCUT2D eigenvalue weighted by molar-refractivity contribution is 6.11. The Bertz CT molecular complexity index is 3670. The maximum Gasteiger partial charge on any atom is 0.143 e. The summed E-state index contributed by atoms with van der Waals surface area (Å²) in [6.07, 6.45) is 0. The molecular weight excluding hydrogens is 789 g/mol. The molecule has 308 valence electrons. The van der Waals surface area contributed by atoms with E-state index in [1.165, 1.54) is 66.3 Å². The predicted molar refractivity (Wildman–Crippen MR) is 274 cm³/mol. The van der Waals surface area contributed by atoms with Crippen LogP contribution in [0.25, 0.3) is 93.9 Å². The molecule has 2 heterocycles. The maximum atomic E-state index is 6.44. The first-order chi connectivity index (χ1) is 32.0. The van der Waals surface area contributed by atoms with Gasteiger partial charge in [0, 0.05) is 49.9 Å². The van der Waals surface area contributed by atoms with E-state index >= 15 is 0 Å². The van der Waals surface area contributed by atoms with E-state index in [-0.39, 0.29) is 0 Å². The van der Waals surface area contributed by atoms with Gasteiger partial charge in [-0.3, -0.25) is 0 Å². The maximum absolute atomic E-state index is 6.44. The average Bonchev–Trinajstić information content (AvgIpc) is 3.91. The first-order valence-corrected chi connectivity index (χ1v) is 22.3. The van der Waals surface area contributed by atoms with E-state index in [9.17, 15) is 0 Å². The van der Waals surface area contributed by atoms with E-state index in [1.54, 1.807) is 0 Å². The Morgan fingerprint density at radius 3 is 1.49 bits per heavy atom. The van der Waals surface area contributed by atoms with Crippen molar-refractivity contribution in [2.24, 2.45) is 0 Å². The summed E-state index contributed by atoms with van der Waals surface area (Å²) in [4.78, 5) is 2.35. The molecule has 0 aliphatic heterocycles. The highest BCUT2D eigenvalue weighted by Crippen LogP contribution is 2.41. The molecule has 2 aromatic heterocycles. The van der Waals surface area contributed by atoms with E-state index in [0.29, 0.717) is 0 Å². The average molecular weight is 833 g/mol. The molecule has 0 bridgehead atoms. The van der Waals surface area contributed by atoms with Gasteiger partial charge in [0.15, 0.2) is 0 Å². The molecular formula is C62H44N2O. The van der Waals surface area contributed by atoms with Gasteiger partial charge in [0.1, 0.15) is 11.2 Å². The summed E-state index contributed by atoms with van der Waals surface area (Å²) in [5, 5.41) is 4.75. The van der Waals surface area contributed by atoms with Crippen LogP contribution in [0.3, 0.4) is 0 Å². The van der Waals surface area contributed by atoms with Crippen LogP contribution in [0.5, 0.6) is 0 Å². The molecule has 0 saturated heterocycles. The molecule has 65 heavy (non-hydrogen) atoms. The molecule has 0 unspecified atom stereocenters. The lowest BCUT2D eigenvalue weighted by molar-refractivity contribution is 0.670. The monoisotopic (exact) mass is 832 g/mol. The fourth-order valence-electron chi connectivity index (χ4n) is 9.82. The van der Waals surface area contributed by atoms with Gasteiger partial charge in [0.2, 0.25) is 0 Å². The summed E-state index contributed by atoms with van der Waals surface area (Å²) in [7, 11) is 0. The van der Waals surface area contributed by atoms with Crippen molar-refractivity contribution in [3.8, 4) is 50.2 Å². The standard InChI is InChI=1S/C62H44N2O/c1-41-37-42(2)39-49(38-41)46-21-19-43(20-22-46)44-23-30-51(31-24-44)63(53-34-27-47(28-35-53)54-15-10-16-57-56-14-7-9-18-61(56)65-62(54)57)52-32-25-45(26-33-52)48-29-36-60-58(40-48)55-13-6-8-17-59(55)64(60)50-11-4-3-5-12-50/h3-40H,1-2H3. The van der Waals surface area contributed by atoms with Crippen LogP contribution in [-0.4, -0.2) is 4.57 Å². The van der Waals surface area contributed by atoms with Gasteiger partial charge in [0.25, 0.3) is 0 Å². The van der Waals surface area contributed by atoms with Crippen molar-refractivity contribution in [3.05, 3.63) is 242 Å². The number of fused-ring (bicyclic) bond motifs is 6. The molecule has 0 atom stereocenters.